The van der Waals surface area contributed by atoms with Crippen molar-refractivity contribution in [1.82, 2.24) is 4.98 Å². The molecular weight excluding hydrogens is 257 g/mol. The van der Waals surface area contributed by atoms with Gasteiger partial charge >= 0.3 is 18.9 Å². The van der Waals surface area contributed by atoms with Crippen LogP contribution in [0.1, 0.15) is 17.3 Å². The average molecular weight is 265 g/mol. The summed E-state index contributed by atoms with van der Waals surface area (Å²) in [6, 6.07) is 1.44. The van der Waals surface area contributed by atoms with Crippen molar-refractivity contribution < 1.29 is 26.8 Å². The molecule has 0 aromatic carbocycles. The second-order valence-electron chi connectivity index (χ2n) is 2.71. The number of carbonyl (C=O) groups excluding carboxylic acids is 1. The van der Waals surface area contributed by atoms with Gasteiger partial charge in [-0.15, -0.1) is 0 Å². The number of esters is 1. The molecule has 0 spiro atoms. The summed E-state index contributed by atoms with van der Waals surface area (Å²) in [5.41, 5.74) is 0.320. The molecule has 0 amide bonds. The van der Waals surface area contributed by atoms with E-state index in [1.54, 1.807) is 6.92 Å². The van der Waals surface area contributed by atoms with Crippen LogP contribution in [0.15, 0.2) is 18.5 Å². The highest BCUT2D eigenvalue weighted by atomic mass is 19.5. The highest BCUT2D eigenvalue weighted by Crippen LogP contribution is 2.17. The minimum absolute atomic E-state index is 0.112. The van der Waals surface area contributed by atoms with Crippen LogP contribution in [0.25, 0.3) is 4.98 Å². The third-order valence-corrected chi connectivity index (χ3v) is 1.40. The Morgan fingerprint density at radius 1 is 1.50 bits per heavy atom. The van der Waals surface area contributed by atoms with Gasteiger partial charge in [0.25, 0.3) is 0 Å². The summed E-state index contributed by atoms with van der Waals surface area (Å²) >= 11 is 0. The smallest absolute Gasteiger partial charge is 0.462 e. The first-order valence-corrected chi connectivity index (χ1v) is 4.63. The van der Waals surface area contributed by atoms with Crippen molar-refractivity contribution in [3.8, 4) is 0 Å². The quantitative estimate of drug-likeness (QED) is 0.356. The molecule has 0 saturated carbocycles. The molecule has 1 aromatic rings. The number of hydrogen-bond acceptors (Lipinski definition) is 4. The molecule has 1 heterocycles. The number of pyridine rings is 1. The molecule has 0 radical (unpaired) electrons. The number of carbonyl (C=O) groups is 1. The van der Waals surface area contributed by atoms with Crippen LogP contribution >= 0.6 is 0 Å². The van der Waals surface area contributed by atoms with Gasteiger partial charge in [-0.2, -0.15) is 0 Å². The summed E-state index contributed by atoms with van der Waals surface area (Å²) in [4.78, 5) is 17.8. The topological polar surface area (TPSA) is 67.3 Å². The van der Waals surface area contributed by atoms with Crippen molar-refractivity contribution >= 4 is 18.9 Å². The lowest BCUT2D eigenvalue weighted by atomic mass is 10.2. The van der Waals surface area contributed by atoms with E-state index in [1.165, 1.54) is 18.5 Å². The standard InChI is InChI=1S/C8H8N3O2.BF4/c1-2-13-8(12)6-3-4-10-5-7(6)11-9;2-1(3,4)5/h3-5H,2H2,1H3;/q+1;-1. The maximum Gasteiger partial charge on any atom is 0.673 e. The lowest BCUT2D eigenvalue weighted by molar-refractivity contribution is 0.0527. The molecule has 0 unspecified atom stereocenters. The average Bonchev–Trinajstić information content (AvgIpc) is 2.27. The van der Waals surface area contributed by atoms with Crippen molar-refractivity contribution in [2.75, 3.05) is 6.61 Å². The van der Waals surface area contributed by atoms with E-state index < -0.39 is 13.2 Å². The van der Waals surface area contributed by atoms with Gasteiger partial charge in [0, 0.05) is 6.20 Å². The maximum atomic E-state index is 11.2. The van der Waals surface area contributed by atoms with Crippen LogP contribution < -0.4 is 0 Å². The monoisotopic (exact) mass is 265 g/mol. The molecule has 1 aromatic heterocycles. The summed E-state index contributed by atoms with van der Waals surface area (Å²) in [5.74, 6) is -0.516. The van der Waals surface area contributed by atoms with E-state index in [0.717, 1.165) is 0 Å². The van der Waals surface area contributed by atoms with Gasteiger partial charge in [0.1, 0.15) is 6.20 Å². The summed E-state index contributed by atoms with van der Waals surface area (Å²) in [5, 5.41) is 8.51. The van der Waals surface area contributed by atoms with Crippen molar-refractivity contribution in [2.24, 2.45) is 0 Å². The second-order valence-corrected chi connectivity index (χ2v) is 2.71. The van der Waals surface area contributed by atoms with Gasteiger partial charge in [-0.1, -0.05) is 0 Å². The van der Waals surface area contributed by atoms with E-state index in [0.29, 0.717) is 0 Å². The van der Waals surface area contributed by atoms with Crippen molar-refractivity contribution in [1.29, 1.82) is 5.39 Å². The van der Waals surface area contributed by atoms with E-state index >= 15 is 0 Å². The molecule has 98 valence electrons. The minimum Gasteiger partial charge on any atom is -0.462 e. The SMILES string of the molecule is CCOC(=O)c1ccncc1[N+]#N.F[B-](F)(F)F. The zero-order chi connectivity index (χ0) is 14.2. The third-order valence-electron chi connectivity index (χ3n) is 1.40. The van der Waals surface area contributed by atoms with E-state index in [-0.39, 0.29) is 17.9 Å². The molecule has 0 bridgehead atoms. The Morgan fingerprint density at radius 2 is 2.06 bits per heavy atom. The van der Waals surface area contributed by atoms with Gasteiger partial charge in [0.05, 0.1) is 6.61 Å². The molecule has 0 N–H and O–H groups in total. The number of rotatable bonds is 2. The Morgan fingerprint density at radius 3 is 2.50 bits per heavy atom. The summed E-state index contributed by atoms with van der Waals surface area (Å²) < 4.78 is 43.7. The molecule has 1 rings (SSSR count). The normalized spacial score (nSPS) is 9.78. The Kier molecular flexibility index (Phi) is 6.34. The van der Waals surface area contributed by atoms with Gasteiger partial charge in [-0.3, -0.25) is 4.98 Å². The third kappa shape index (κ3) is 7.16. The first-order chi connectivity index (χ1) is 8.29. The molecule has 0 aliphatic heterocycles. The number of ether oxygens (including phenoxy) is 1. The van der Waals surface area contributed by atoms with Gasteiger partial charge in [0.2, 0.25) is 5.39 Å². The molecule has 0 atom stereocenters. The predicted molar refractivity (Wildman–Crippen MR) is 55.1 cm³/mol. The maximum absolute atomic E-state index is 11.2. The molecule has 0 fully saturated rings. The zero-order valence-electron chi connectivity index (χ0n) is 9.19. The molecule has 18 heavy (non-hydrogen) atoms. The van der Waals surface area contributed by atoms with Gasteiger partial charge in [0.15, 0.2) is 10.5 Å². The molecule has 10 heteroatoms. The van der Waals surface area contributed by atoms with E-state index in [9.17, 15) is 22.1 Å². The Balaban J connectivity index is 0.000000494. The summed E-state index contributed by atoms with van der Waals surface area (Å²) in [6.07, 6.45) is 2.72. The highest BCUT2D eigenvalue weighted by molar-refractivity contribution is 6.50. The van der Waals surface area contributed by atoms with Crippen LogP contribution in [0.3, 0.4) is 0 Å². The first kappa shape index (κ1) is 15.8. The van der Waals surface area contributed by atoms with E-state index in [2.05, 4.69) is 9.96 Å². The molecule has 0 saturated heterocycles. The molecule has 0 aliphatic rings. The fraction of sp³-hybridized carbons (Fsp3) is 0.250. The number of hydrogen-bond donors (Lipinski definition) is 0. The van der Waals surface area contributed by atoms with Crippen LogP contribution in [-0.4, -0.2) is 24.8 Å². The predicted octanol–water partition coefficient (Wildman–Crippen LogP) is 3.04. The largest absolute Gasteiger partial charge is 0.673 e. The molecular formula is C8H8BF4N3O2. The minimum atomic E-state index is -6.00. The van der Waals surface area contributed by atoms with E-state index in [4.69, 9.17) is 10.1 Å². The van der Waals surface area contributed by atoms with E-state index in [1.807, 2.05) is 0 Å². The summed E-state index contributed by atoms with van der Waals surface area (Å²) in [6.45, 7) is 1.99. The molecule has 5 nitrogen and oxygen atoms in total. The zero-order valence-corrected chi connectivity index (χ0v) is 9.19. The second kappa shape index (κ2) is 7.21. The Hall–Kier alpha value is -2.18. The summed E-state index contributed by atoms with van der Waals surface area (Å²) in [7, 11) is -6.00. The first-order valence-electron chi connectivity index (χ1n) is 4.63. The number of nitrogens with zero attached hydrogens (tertiary/aromatic N) is 3. The van der Waals surface area contributed by atoms with Crippen LogP contribution in [0, 0.1) is 5.39 Å². The van der Waals surface area contributed by atoms with Gasteiger partial charge in [-0.05, 0) is 13.0 Å². The Labute approximate surface area is 99.5 Å². The lowest BCUT2D eigenvalue weighted by Gasteiger charge is -1.97. The number of halogens is 4. The van der Waals surface area contributed by atoms with Crippen LogP contribution in [0.5, 0.6) is 0 Å². The van der Waals surface area contributed by atoms with Crippen LogP contribution in [-0.2, 0) is 4.74 Å². The Bertz CT molecular complexity index is 441. The van der Waals surface area contributed by atoms with Gasteiger partial charge in [-0.25, -0.2) is 4.79 Å². The van der Waals surface area contributed by atoms with Crippen molar-refractivity contribution in [3.05, 3.63) is 29.0 Å². The van der Waals surface area contributed by atoms with Crippen molar-refractivity contribution in [3.63, 3.8) is 0 Å². The highest BCUT2D eigenvalue weighted by Gasteiger charge is 2.21. The van der Waals surface area contributed by atoms with Crippen LogP contribution in [0.4, 0.5) is 23.0 Å². The fourth-order valence-corrected chi connectivity index (χ4v) is 0.847. The number of diazo groups is 1. The van der Waals surface area contributed by atoms with Crippen LogP contribution in [0.2, 0.25) is 0 Å². The van der Waals surface area contributed by atoms with Crippen molar-refractivity contribution in [2.45, 2.75) is 6.92 Å². The lowest BCUT2D eigenvalue weighted by Crippen LogP contribution is -2.04. The number of aromatic nitrogens is 1. The molecule has 0 aliphatic carbocycles. The fourth-order valence-electron chi connectivity index (χ4n) is 0.847. The van der Waals surface area contributed by atoms with Gasteiger partial charge < -0.3 is 22.0 Å².